The second kappa shape index (κ2) is 3.00. The fourth-order valence-corrected chi connectivity index (χ4v) is 2.36. The minimum atomic E-state index is 0.198. The summed E-state index contributed by atoms with van der Waals surface area (Å²) in [6.45, 7) is 1.02. The maximum Gasteiger partial charge on any atom is 0.120 e. The predicted molar refractivity (Wildman–Crippen MR) is 60.0 cm³/mol. The second-order valence-electron chi connectivity index (χ2n) is 4.04. The van der Waals surface area contributed by atoms with E-state index in [4.69, 9.17) is 10.5 Å². The van der Waals surface area contributed by atoms with Gasteiger partial charge in [0.05, 0.1) is 12.6 Å². The van der Waals surface area contributed by atoms with Gasteiger partial charge in [-0.15, -0.1) is 0 Å². The van der Waals surface area contributed by atoms with Crippen molar-refractivity contribution in [2.24, 2.45) is 5.73 Å². The molecule has 0 radical (unpaired) electrons. The molecule has 1 unspecified atom stereocenters. The highest BCUT2D eigenvalue weighted by Crippen LogP contribution is 2.32. The van der Waals surface area contributed by atoms with Gasteiger partial charge in [-0.25, -0.2) is 0 Å². The molecule has 0 amide bonds. The molecule has 0 spiro atoms. The van der Waals surface area contributed by atoms with Gasteiger partial charge in [-0.3, -0.25) is 0 Å². The lowest BCUT2D eigenvalue weighted by Gasteiger charge is -2.02. The summed E-state index contributed by atoms with van der Waals surface area (Å²) in [5.41, 5.74) is 8.51. The summed E-state index contributed by atoms with van der Waals surface area (Å²) in [5.74, 6) is 0.906. The molecule has 0 saturated heterocycles. The molecule has 1 aromatic heterocycles. The number of rotatable bonds is 1. The molecule has 0 saturated carbocycles. The summed E-state index contributed by atoms with van der Waals surface area (Å²) < 4.78 is 7.53. The van der Waals surface area contributed by atoms with Crippen LogP contribution in [0.15, 0.2) is 24.3 Å². The number of nitrogens with zero attached hydrogens (tertiary/aromatic N) is 1. The standard InChI is InChI=1S/C12H14N2O/c1-15-9-3-2-8-6-12-10(13)4-5-14(12)11(8)7-9/h2-3,6-7,10H,4-5,13H2,1H3. The number of hydrogen-bond acceptors (Lipinski definition) is 2. The van der Waals surface area contributed by atoms with Gasteiger partial charge < -0.3 is 15.0 Å². The minimum absolute atomic E-state index is 0.198. The molecule has 0 bridgehead atoms. The summed E-state index contributed by atoms with van der Waals surface area (Å²) in [6, 6.07) is 8.54. The fraction of sp³-hybridized carbons (Fsp3) is 0.333. The zero-order valence-corrected chi connectivity index (χ0v) is 8.73. The van der Waals surface area contributed by atoms with Gasteiger partial charge in [-0.2, -0.15) is 0 Å². The Balaban J connectivity index is 2.27. The Labute approximate surface area is 88.4 Å². The third-order valence-electron chi connectivity index (χ3n) is 3.19. The molecule has 1 aliphatic rings. The Morgan fingerprint density at radius 2 is 2.27 bits per heavy atom. The van der Waals surface area contributed by atoms with Crippen LogP contribution >= 0.6 is 0 Å². The first kappa shape index (κ1) is 8.80. The van der Waals surface area contributed by atoms with E-state index < -0.39 is 0 Å². The first-order chi connectivity index (χ1) is 7.29. The lowest BCUT2D eigenvalue weighted by atomic mass is 10.2. The highest BCUT2D eigenvalue weighted by Gasteiger charge is 2.21. The molecule has 0 fully saturated rings. The average Bonchev–Trinajstić information content (AvgIpc) is 2.78. The number of fused-ring (bicyclic) bond motifs is 3. The monoisotopic (exact) mass is 202 g/mol. The van der Waals surface area contributed by atoms with Gasteiger partial charge in [0.2, 0.25) is 0 Å². The van der Waals surface area contributed by atoms with Crippen molar-refractivity contribution in [3.63, 3.8) is 0 Å². The third kappa shape index (κ3) is 1.16. The highest BCUT2D eigenvalue weighted by molar-refractivity contribution is 5.83. The van der Waals surface area contributed by atoms with E-state index in [-0.39, 0.29) is 6.04 Å². The van der Waals surface area contributed by atoms with Gasteiger partial charge in [0.25, 0.3) is 0 Å². The van der Waals surface area contributed by atoms with Crippen LogP contribution in [0.5, 0.6) is 5.75 Å². The SMILES string of the molecule is COc1ccc2cc3n(c2c1)CCC3N. The van der Waals surface area contributed by atoms with Crippen molar-refractivity contribution in [2.45, 2.75) is 19.0 Å². The maximum atomic E-state index is 6.03. The van der Waals surface area contributed by atoms with Gasteiger partial charge in [0.15, 0.2) is 0 Å². The highest BCUT2D eigenvalue weighted by atomic mass is 16.5. The normalized spacial score (nSPS) is 19.5. The molecule has 3 nitrogen and oxygen atoms in total. The van der Waals surface area contributed by atoms with Crippen LogP contribution in [0.2, 0.25) is 0 Å². The molecular weight excluding hydrogens is 188 g/mol. The summed E-state index contributed by atoms with van der Waals surface area (Å²) >= 11 is 0. The van der Waals surface area contributed by atoms with Crippen molar-refractivity contribution in [3.8, 4) is 5.75 Å². The van der Waals surface area contributed by atoms with Crippen LogP contribution in [0.3, 0.4) is 0 Å². The Morgan fingerprint density at radius 1 is 1.40 bits per heavy atom. The van der Waals surface area contributed by atoms with Crippen LogP contribution in [-0.2, 0) is 6.54 Å². The summed E-state index contributed by atoms with van der Waals surface area (Å²) in [6.07, 6.45) is 1.04. The molecule has 3 heteroatoms. The number of ether oxygens (including phenoxy) is 1. The van der Waals surface area contributed by atoms with Gasteiger partial charge in [0.1, 0.15) is 5.75 Å². The Kier molecular flexibility index (Phi) is 1.76. The molecule has 1 aliphatic heterocycles. The summed E-state index contributed by atoms with van der Waals surface area (Å²) in [5, 5.41) is 1.25. The van der Waals surface area contributed by atoms with Crippen molar-refractivity contribution >= 4 is 10.9 Å². The van der Waals surface area contributed by atoms with Crippen LogP contribution in [0.1, 0.15) is 18.2 Å². The quantitative estimate of drug-likeness (QED) is 0.768. The Hall–Kier alpha value is -1.48. The smallest absolute Gasteiger partial charge is 0.120 e. The van der Waals surface area contributed by atoms with Crippen LogP contribution in [0, 0.1) is 0 Å². The third-order valence-corrected chi connectivity index (χ3v) is 3.19. The van der Waals surface area contributed by atoms with Crippen molar-refractivity contribution in [1.82, 2.24) is 4.57 Å². The zero-order valence-electron chi connectivity index (χ0n) is 8.73. The van der Waals surface area contributed by atoms with E-state index in [1.54, 1.807) is 7.11 Å². The predicted octanol–water partition coefficient (Wildman–Crippen LogP) is 2.05. The van der Waals surface area contributed by atoms with E-state index >= 15 is 0 Å². The van der Waals surface area contributed by atoms with Crippen molar-refractivity contribution < 1.29 is 4.74 Å². The van der Waals surface area contributed by atoms with E-state index in [9.17, 15) is 0 Å². The number of benzene rings is 1. The molecule has 3 rings (SSSR count). The van der Waals surface area contributed by atoms with E-state index in [1.807, 2.05) is 6.07 Å². The number of methoxy groups -OCH3 is 1. The lowest BCUT2D eigenvalue weighted by molar-refractivity contribution is 0.415. The van der Waals surface area contributed by atoms with E-state index in [2.05, 4.69) is 22.8 Å². The topological polar surface area (TPSA) is 40.2 Å². The zero-order chi connectivity index (χ0) is 10.4. The average molecular weight is 202 g/mol. The van der Waals surface area contributed by atoms with E-state index in [0.29, 0.717) is 0 Å². The number of nitrogens with two attached hydrogens (primary N) is 1. The molecular formula is C12H14N2O. The largest absolute Gasteiger partial charge is 0.497 e. The minimum Gasteiger partial charge on any atom is -0.497 e. The molecule has 0 aliphatic carbocycles. The number of aryl methyl sites for hydroxylation is 1. The van der Waals surface area contributed by atoms with Crippen molar-refractivity contribution in [3.05, 3.63) is 30.0 Å². The molecule has 2 N–H and O–H groups in total. The number of aromatic nitrogens is 1. The first-order valence-corrected chi connectivity index (χ1v) is 5.22. The Bertz CT molecular complexity index is 516. The lowest BCUT2D eigenvalue weighted by Crippen LogP contribution is -2.04. The van der Waals surface area contributed by atoms with Gasteiger partial charge in [-0.1, -0.05) is 0 Å². The molecule has 1 aromatic carbocycles. The van der Waals surface area contributed by atoms with Crippen molar-refractivity contribution in [1.29, 1.82) is 0 Å². The molecule has 2 heterocycles. The number of hydrogen-bond donors (Lipinski definition) is 1. The summed E-state index contributed by atoms with van der Waals surface area (Å²) in [4.78, 5) is 0. The van der Waals surface area contributed by atoms with Gasteiger partial charge in [0, 0.05) is 29.7 Å². The second-order valence-corrected chi connectivity index (χ2v) is 4.04. The van der Waals surface area contributed by atoms with E-state index in [1.165, 1.54) is 16.6 Å². The Morgan fingerprint density at radius 3 is 3.07 bits per heavy atom. The van der Waals surface area contributed by atoms with Gasteiger partial charge in [-0.05, 0) is 24.6 Å². The molecule has 1 atom stereocenters. The van der Waals surface area contributed by atoms with Crippen LogP contribution in [-0.4, -0.2) is 11.7 Å². The first-order valence-electron chi connectivity index (χ1n) is 5.22. The molecule has 15 heavy (non-hydrogen) atoms. The van der Waals surface area contributed by atoms with Crippen LogP contribution in [0.25, 0.3) is 10.9 Å². The fourth-order valence-electron chi connectivity index (χ4n) is 2.36. The molecule has 78 valence electrons. The van der Waals surface area contributed by atoms with Crippen molar-refractivity contribution in [2.75, 3.05) is 7.11 Å². The maximum absolute atomic E-state index is 6.03. The van der Waals surface area contributed by atoms with Crippen LogP contribution in [0.4, 0.5) is 0 Å². The molecule has 2 aromatic rings. The van der Waals surface area contributed by atoms with E-state index in [0.717, 1.165) is 18.7 Å². The van der Waals surface area contributed by atoms with Crippen LogP contribution < -0.4 is 10.5 Å². The summed E-state index contributed by atoms with van der Waals surface area (Å²) in [7, 11) is 1.70. The van der Waals surface area contributed by atoms with Gasteiger partial charge >= 0.3 is 0 Å².